The number of carbonyl (C=O) groups excluding carboxylic acids is 1. The lowest BCUT2D eigenvalue weighted by atomic mass is 10.2. The van der Waals surface area contributed by atoms with E-state index in [1.807, 2.05) is 0 Å². The summed E-state index contributed by atoms with van der Waals surface area (Å²) in [5, 5.41) is 12.9. The summed E-state index contributed by atoms with van der Waals surface area (Å²) in [5.41, 5.74) is 0.773. The van der Waals surface area contributed by atoms with Crippen molar-refractivity contribution in [2.45, 2.75) is 0 Å². The maximum Gasteiger partial charge on any atom is 0.259 e. The van der Waals surface area contributed by atoms with Crippen molar-refractivity contribution in [3.63, 3.8) is 0 Å². The van der Waals surface area contributed by atoms with Gasteiger partial charge in [0.25, 0.3) is 5.91 Å². The van der Waals surface area contributed by atoms with Crippen LogP contribution in [-0.4, -0.2) is 11.0 Å². The van der Waals surface area contributed by atoms with E-state index in [1.165, 1.54) is 6.07 Å². The number of nitrogens with one attached hydrogen (secondary N) is 1. The van der Waals surface area contributed by atoms with E-state index in [0.29, 0.717) is 15.2 Å². The number of anilines is 1. The molecule has 0 aliphatic carbocycles. The standard InChI is InChI=1S/C13H8BrClINO2/c14-12-9(15)2-1-3-10(12)17-13(19)8-6-7(16)4-5-11(8)18/h1-6,18H,(H,17,19). The smallest absolute Gasteiger partial charge is 0.259 e. The minimum Gasteiger partial charge on any atom is -0.507 e. The summed E-state index contributed by atoms with van der Waals surface area (Å²) in [6.45, 7) is 0. The molecule has 1 amide bonds. The van der Waals surface area contributed by atoms with Gasteiger partial charge in [-0.25, -0.2) is 0 Å². The molecule has 19 heavy (non-hydrogen) atoms. The molecule has 2 rings (SSSR count). The van der Waals surface area contributed by atoms with Gasteiger partial charge in [-0.1, -0.05) is 17.7 Å². The predicted molar refractivity (Wildman–Crippen MR) is 87.9 cm³/mol. The molecule has 0 heterocycles. The van der Waals surface area contributed by atoms with Crippen LogP contribution in [-0.2, 0) is 0 Å². The van der Waals surface area contributed by atoms with E-state index in [-0.39, 0.29) is 17.2 Å². The van der Waals surface area contributed by atoms with Crippen LogP contribution in [0.15, 0.2) is 40.9 Å². The van der Waals surface area contributed by atoms with Crippen molar-refractivity contribution in [1.82, 2.24) is 0 Å². The first-order valence-electron chi connectivity index (χ1n) is 5.23. The van der Waals surface area contributed by atoms with Crippen molar-refractivity contribution < 1.29 is 9.90 Å². The Labute approximate surface area is 137 Å². The first-order valence-corrected chi connectivity index (χ1v) is 7.48. The molecule has 6 heteroatoms. The van der Waals surface area contributed by atoms with Gasteiger partial charge in [-0.15, -0.1) is 0 Å². The molecule has 0 aromatic heterocycles. The number of hydrogen-bond acceptors (Lipinski definition) is 2. The molecular weight excluding hydrogens is 444 g/mol. The number of phenols is 1. The number of rotatable bonds is 2. The topological polar surface area (TPSA) is 49.3 Å². The summed E-state index contributed by atoms with van der Waals surface area (Å²) in [6.07, 6.45) is 0. The SMILES string of the molecule is O=C(Nc1cccc(Cl)c1Br)c1cc(I)ccc1O. The van der Waals surface area contributed by atoms with Gasteiger partial charge in [0.1, 0.15) is 5.75 Å². The van der Waals surface area contributed by atoms with Crippen LogP contribution < -0.4 is 5.32 Å². The fourth-order valence-electron chi connectivity index (χ4n) is 1.48. The molecule has 0 aliphatic heterocycles. The highest BCUT2D eigenvalue weighted by Gasteiger charge is 2.13. The number of benzene rings is 2. The third-order valence-electron chi connectivity index (χ3n) is 2.40. The van der Waals surface area contributed by atoms with E-state index in [2.05, 4.69) is 43.8 Å². The molecule has 0 saturated heterocycles. The molecule has 0 spiro atoms. The second-order valence-corrected chi connectivity index (χ2v) is 6.16. The van der Waals surface area contributed by atoms with Gasteiger partial charge in [-0.3, -0.25) is 4.79 Å². The average molecular weight is 452 g/mol. The largest absolute Gasteiger partial charge is 0.507 e. The Kier molecular flexibility index (Phi) is 4.70. The van der Waals surface area contributed by atoms with Gasteiger partial charge in [0.05, 0.1) is 20.7 Å². The zero-order chi connectivity index (χ0) is 14.0. The number of phenolic OH excluding ortho intramolecular Hbond substituents is 1. The molecule has 0 radical (unpaired) electrons. The molecule has 0 bridgehead atoms. The summed E-state index contributed by atoms with van der Waals surface area (Å²) in [5.74, 6) is -0.449. The number of halogens is 3. The van der Waals surface area contributed by atoms with Gasteiger partial charge >= 0.3 is 0 Å². The van der Waals surface area contributed by atoms with Crippen LogP contribution in [0, 0.1) is 3.57 Å². The van der Waals surface area contributed by atoms with Crippen molar-refractivity contribution in [1.29, 1.82) is 0 Å². The molecule has 0 unspecified atom stereocenters. The normalized spacial score (nSPS) is 10.3. The first-order chi connectivity index (χ1) is 8.99. The summed E-state index contributed by atoms with van der Waals surface area (Å²) in [7, 11) is 0. The summed E-state index contributed by atoms with van der Waals surface area (Å²) >= 11 is 11.3. The van der Waals surface area contributed by atoms with Crippen LogP contribution in [0.2, 0.25) is 5.02 Å². The zero-order valence-corrected chi connectivity index (χ0v) is 14.0. The Morgan fingerprint density at radius 1 is 1.32 bits per heavy atom. The highest BCUT2D eigenvalue weighted by atomic mass is 127. The number of hydrogen-bond donors (Lipinski definition) is 2. The predicted octanol–water partition coefficient (Wildman–Crippen LogP) is 4.67. The minimum atomic E-state index is -0.390. The molecular formula is C13H8BrClINO2. The second kappa shape index (κ2) is 6.11. The van der Waals surface area contributed by atoms with E-state index in [9.17, 15) is 9.90 Å². The average Bonchev–Trinajstić information content (AvgIpc) is 2.38. The van der Waals surface area contributed by atoms with Crippen LogP contribution >= 0.6 is 50.1 Å². The van der Waals surface area contributed by atoms with Gasteiger partial charge < -0.3 is 10.4 Å². The lowest BCUT2D eigenvalue weighted by molar-refractivity contribution is 0.102. The molecule has 0 aliphatic rings. The second-order valence-electron chi connectivity index (χ2n) is 3.72. The van der Waals surface area contributed by atoms with Crippen LogP contribution in [0.1, 0.15) is 10.4 Å². The fourth-order valence-corrected chi connectivity index (χ4v) is 2.51. The van der Waals surface area contributed by atoms with Crippen molar-refractivity contribution in [3.8, 4) is 5.75 Å². The van der Waals surface area contributed by atoms with Gasteiger partial charge in [0, 0.05) is 3.57 Å². The van der Waals surface area contributed by atoms with Crippen molar-refractivity contribution in [3.05, 3.63) is 55.0 Å². The van der Waals surface area contributed by atoms with Crippen LogP contribution in [0.4, 0.5) is 5.69 Å². The highest BCUT2D eigenvalue weighted by molar-refractivity contribution is 14.1. The van der Waals surface area contributed by atoms with Crippen LogP contribution in [0.25, 0.3) is 0 Å². The van der Waals surface area contributed by atoms with Gasteiger partial charge in [-0.05, 0) is 68.9 Å². The van der Waals surface area contributed by atoms with Crippen molar-refractivity contribution in [2.24, 2.45) is 0 Å². The quantitative estimate of drug-likeness (QED) is 0.651. The third-order valence-corrected chi connectivity index (χ3v) is 4.47. The van der Waals surface area contributed by atoms with E-state index >= 15 is 0 Å². The van der Waals surface area contributed by atoms with Crippen molar-refractivity contribution >= 4 is 61.7 Å². The van der Waals surface area contributed by atoms with Gasteiger partial charge in [0.2, 0.25) is 0 Å². The third kappa shape index (κ3) is 3.40. The Morgan fingerprint density at radius 2 is 2.05 bits per heavy atom. The molecule has 0 fully saturated rings. The summed E-state index contributed by atoms with van der Waals surface area (Å²) < 4.78 is 1.47. The van der Waals surface area contributed by atoms with Gasteiger partial charge in [0.15, 0.2) is 0 Å². The summed E-state index contributed by atoms with van der Waals surface area (Å²) in [4.78, 5) is 12.1. The molecule has 2 aromatic rings. The fraction of sp³-hybridized carbons (Fsp3) is 0. The first kappa shape index (κ1) is 14.6. The Hall–Kier alpha value is -0.790. The van der Waals surface area contributed by atoms with Gasteiger partial charge in [-0.2, -0.15) is 0 Å². The summed E-state index contributed by atoms with van der Waals surface area (Å²) in [6, 6.07) is 10.00. The van der Waals surface area contributed by atoms with Crippen LogP contribution in [0.5, 0.6) is 5.75 Å². The molecule has 3 nitrogen and oxygen atoms in total. The zero-order valence-electron chi connectivity index (χ0n) is 9.45. The molecule has 2 aromatic carbocycles. The van der Waals surface area contributed by atoms with E-state index < -0.39 is 0 Å². The Morgan fingerprint density at radius 3 is 2.79 bits per heavy atom. The molecule has 98 valence electrons. The van der Waals surface area contributed by atoms with Crippen molar-refractivity contribution in [2.75, 3.05) is 5.32 Å². The number of carbonyl (C=O) groups is 1. The Balaban J connectivity index is 2.31. The van der Waals surface area contributed by atoms with E-state index in [0.717, 1.165) is 3.57 Å². The number of amides is 1. The molecule has 0 atom stereocenters. The Bertz CT molecular complexity index is 649. The maximum atomic E-state index is 12.1. The van der Waals surface area contributed by atoms with Crippen LogP contribution in [0.3, 0.4) is 0 Å². The van der Waals surface area contributed by atoms with E-state index in [4.69, 9.17) is 11.6 Å². The lowest BCUT2D eigenvalue weighted by Crippen LogP contribution is -2.12. The number of aromatic hydroxyl groups is 1. The highest BCUT2D eigenvalue weighted by Crippen LogP contribution is 2.31. The lowest BCUT2D eigenvalue weighted by Gasteiger charge is -2.09. The molecule has 2 N–H and O–H groups in total. The van der Waals surface area contributed by atoms with E-state index in [1.54, 1.807) is 30.3 Å². The minimum absolute atomic E-state index is 0.0592. The molecule has 0 saturated carbocycles. The monoisotopic (exact) mass is 451 g/mol. The maximum absolute atomic E-state index is 12.1.